The highest BCUT2D eigenvalue weighted by atomic mass is 32.2. The van der Waals surface area contributed by atoms with Crippen LogP contribution in [0.2, 0.25) is 0 Å². The summed E-state index contributed by atoms with van der Waals surface area (Å²) in [7, 11) is -3.04. The van der Waals surface area contributed by atoms with Crippen LogP contribution in [0.25, 0.3) is 0 Å². The monoisotopic (exact) mass is 486 g/mol. The van der Waals surface area contributed by atoms with Crippen molar-refractivity contribution >= 4 is 21.6 Å². The number of aryl methyl sites for hydroxylation is 1. The molecule has 0 bridgehead atoms. The molecule has 2 aliphatic rings. The molecule has 8 heteroatoms. The Labute approximate surface area is 203 Å². The van der Waals surface area contributed by atoms with Gasteiger partial charge < -0.3 is 10.6 Å². The third-order valence-electron chi connectivity index (χ3n) is 7.20. The molecule has 1 saturated carbocycles. The first-order valence-corrected chi connectivity index (χ1v) is 14.4. The SMILES string of the molecule is Cc1cc(NC(=O)CN[C@@H](c2ccc(C3CCCCC3)cc2)C(C)C)n([C@@H]2CCS(=O)(=O)C2)n1. The van der Waals surface area contributed by atoms with Gasteiger partial charge in [-0.25, -0.2) is 13.1 Å². The van der Waals surface area contributed by atoms with E-state index >= 15 is 0 Å². The quantitative estimate of drug-likeness (QED) is 0.572. The van der Waals surface area contributed by atoms with E-state index in [1.807, 2.05) is 6.92 Å². The molecule has 1 aliphatic carbocycles. The van der Waals surface area contributed by atoms with Crippen LogP contribution in [0, 0.1) is 12.8 Å². The number of nitrogens with one attached hydrogen (secondary N) is 2. The summed E-state index contributed by atoms with van der Waals surface area (Å²) in [4.78, 5) is 12.8. The number of carbonyl (C=O) groups excluding carboxylic acids is 1. The Hall–Kier alpha value is -2.19. The molecule has 1 aromatic carbocycles. The van der Waals surface area contributed by atoms with Crippen LogP contribution < -0.4 is 10.6 Å². The highest BCUT2D eigenvalue weighted by Crippen LogP contribution is 2.33. The standard InChI is InChI=1S/C26H38N4O3S/c1-18(2)26(22-11-9-21(10-12-22)20-7-5-4-6-8-20)27-16-25(31)28-24-15-19(3)29-30(24)23-13-14-34(32,33)17-23/h9-12,15,18,20,23,26-27H,4-8,13-14,16-17H2,1-3H3,(H,28,31)/t23-,26-/m1/s1. The van der Waals surface area contributed by atoms with E-state index < -0.39 is 9.84 Å². The Morgan fingerprint density at radius 2 is 1.82 bits per heavy atom. The number of amides is 1. The van der Waals surface area contributed by atoms with Crippen molar-refractivity contribution in [3.05, 3.63) is 47.2 Å². The number of nitrogens with zero attached hydrogens (tertiary/aromatic N) is 2. The minimum absolute atomic E-state index is 0.0674. The summed E-state index contributed by atoms with van der Waals surface area (Å²) in [5, 5.41) is 10.8. The van der Waals surface area contributed by atoms with Gasteiger partial charge in [-0.3, -0.25) is 4.79 Å². The van der Waals surface area contributed by atoms with Crippen LogP contribution >= 0.6 is 0 Å². The number of anilines is 1. The smallest absolute Gasteiger partial charge is 0.239 e. The lowest BCUT2D eigenvalue weighted by Crippen LogP contribution is -2.34. The molecule has 2 aromatic rings. The van der Waals surface area contributed by atoms with E-state index in [2.05, 4.69) is 53.8 Å². The van der Waals surface area contributed by atoms with Crippen LogP contribution in [0.3, 0.4) is 0 Å². The molecule has 0 spiro atoms. The molecular formula is C26H38N4O3S. The van der Waals surface area contributed by atoms with Crippen LogP contribution in [-0.4, -0.2) is 42.2 Å². The Kier molecular flexibility index (Phi) is 7.77. The second-order valence-corrected chi connectivity index (χ2v) is 12.6. The molecule has 1 aliphatic heterocycles. The molecule has 1 aromatic heterocycles. The number of rotatable bonds is 8. The second kappa shape index (κ2) is 10.6. The fourth-order valence-electron chi connectivity index (χ4n) is 5.40. The van der Waals surface area contributed by atoms with Crippen LogP contribution in [0.5, 0.6) is 0 Å². The van der Waals surface area contributed by atoms with Gasteiger partial charge in [-0.15, -0.1) is 0 Å². The number of aromatic nitrogens is 2. The highest BCUT2D eigenvalue weighted by molar-refractivity contribution is 7.91. The maximum absolute atomic E-state index is 12.8. The summed E-state index contributed by atoms with van der Waals surface area (Å²) in [5.41, 5.74) is 3.38. The van der Waals surface area contributed by atoms with Gasteiger partial charge in [0.1, 0.15) is 5.82 Å². The molecule has 186 valence electrons. The van der Waals surface area contributed by atoms with Gasteiger partial charge in [-0.05, 0) is 49.1 Å². The number of benzene rings is 1. The van der Waals surface area contributed by atoms with Crippen molar-refractivity contribution in [3.63, 3.8) is 0 Å². The van der Waals surface area contributed by atoms with E-state index in [4.69, 9.17) is 0 Å². The molecule has 2 heterocycles. The van der Waals surface area contributed by atoms with Crippen molar-refractivity contribution in [1.29, 1.82) is 0 Å². The van der Waals surface area contributed by atoms with E-state index in [9.17, 15) is 13.2 Å². The summed E-state index contributed by atoms with van der Waals surface area (Å²) in [6.45, 7) is 6.33. The molecular weight excluding hydrogens is 448 g/mol. The molecule has 1 amide bonds. The zero-order valence-electron chi connectivity index (χ0n) is 20.6. The van der Waals surface area contributed by atoms with Crippen molar-refractivity contribution in [2.75, 3.05) is 23.4 Å². The first-order chi connectivity index (χ1) is 16.2. The average molecular weight is 487 g/mol. The summed E-state index contributed by atoms with van der Waals surface area (Å²) < 4.78 is 25.5. The molecule has 2 atom stereocenters. The number of hydrogen-bond acceptors (Lipinski definition) is 5. The van der Waals surface area contributed by atoms with E-state index in [-0.39, 0.29) is 36.0 Å². The zero-order chi connectivity index (χ0) is 24.3. The Morgan fingerprint density at radius 3 is 2.44 bits per heavy atom. The van der Waals surface area contributed by atoms with Crippen LogP contribution in [-0.2, 0) is 14.6 Å². The number of sulfone groups is 1. The van der Waals surface area contributed by atoms with Gasteiger partial charge in [0.25, 0.3) is 0 Å². The van der Waals surface area contributed by atoms with Crippen molar-refractivity contribution in [1.82, 2.24) is 15.1 Å². The molecule has 0 radical (unpaired) electrons. The lowest BCUT2D eigenvalue weighted by Gasteiger charge is -2.25. The molecule has 2 fully saturated rings. The summed E-state index contributed by atoms with van der Waals surface area (Å²) in [6.07, 6.45) is 7.11. The predicted molar refractivity (Wildman–Crippen MR) is 136 cm³/mol. The molecule has 1 saturated heterocycles. The van der Waals surface area contributed by atoms with Gasteiger partial charge in [0, 0.05) is 12.1 Å². The van der Waals surface area contributed by atoms with E-state index in [0.717, 1.165) is 5.69 Å². The third kappa shape index (κ3) is 6.08. The number of carbonyl (C=O) groups is 1. The first-order valence-electron chi connectivity index (χ1n) is 12.6. The predicted octanol–water partition coefficient (Wildman–Crippen LogP) is 4.52. The molecule has 34 heavy (non-hydrogen) atoms. The summed E-state index contributed by atoms with van der Waals surface area (Å²) >= 11 is 0. The van der Waals surface area contributed by atoms with E-state index in [1.165, 1.54) is 43.2 Å². The zero-order valence-corrected chi connectivity index (χ0v) is 21.4. The van der Waals surface area contributed by atoms with Gasteiger partial charge >= 0.3 is 0 Å². The van der Waals surface area contributed by atoms with Gasteiger partial charge in [0.15, 0.2) is 9.84 Å². The average Bonchev–Trinajstić information content (AvgIpc) is 3.35. The Morgan fingerprint density at radius 1 is 1.12 bits per heavy atom. The van der Waals surface area contributed by atoms with E-state index in [0.29, 0.717) is 24.1 Å². The summed E-state index contributed by atoms with van der Waals surface area (Å²) in [6, 6.07) is 10.6. The van der Waals surface area contributed by atoms with E-state index in [1.54, 1.807) is 10.7 Å². The lowest BCUT2D eigenvalue weighted by molar-refractivity contribution is -0.115. The van der Waals surface area contributed by atoms with Gasteiger partial charge in [-0.1, -0.05) is 57.4 Å². The maximum Gasteiger partial charge on any atom is 0.239 e. The van der Waals surface area contributed by atoms with Gasteiger partial charge in [0.2, 0.25) is 5.91 Å². The fourth-order valence-corrected chi connectivity index (χ4v) is 7.09. The Balaban J connectivity index is 1.37. The minimum Gasteiger partial charge on any atom is -0.310 e. The molecule has 2 N–H and O–H groups in total. The largest absolute Gasteiger partial charge is 0.310 e. The van der Waals surface area contributed by atoms with Crippen LogP contribution in [0.4, 0.5) is 5.82 Å². The van der Waals surface area contributed by atoms with Gasteiger partial charge in [0.05, 0.1) is 29.8 Å². The van der Waals surface area contributed by atoms with Crippen molar-refractivity contribution in [2.45, 2.75) is 77.3 Å². The third-order valence-corrected chi connectivity index (χ3v) is 8.95. The molecule has 0 unspecified atom stereocenters. The topological polar surface area (TPSA) is 93.1 Å². The second-order valence-electron chi connectivity index (χ2n) is 10.3. The minimum atomic E-state index is -3.04. The van der Waals surface area contributed by atoms with Crippen molar-refractivity contribution in [3.8, 4) is 0 Å². The molecule has 7 nitrogen and oxygen atoms in total. The first kappa shape index (κ1) is 24.9. The van der Waals surface area contributed by atoms with Crippen molar-refractivity contribution in [2.24, 2.45) is 5.92 Å². The lowest BCUT2D eigenvalue weighted by atomic mass is 9.83. The maximum atomic E-state index is 12.8. The highest BCUT2D eigenvalue weighted by Gasteiger charge is 2.31. The summed E-state index contributed by atoms with van der Waals surface area (Å²) in [5.74, 6) is 1.64. The van der Waals surface area contributed by atoms with Crippen LogP contribution in [0.15, 0.2) is 30.3 Å². The van der Waals surface area contributed by atoms with Crippen molar-refractivity contribution < 1.29 is 13.2 Å². The Bertz CT molecular complexity index is 1090. The van der Waals surface area contributed by atoms with Crippen LogP contribution in [0.1, 0.15) is 87.2 Å². The van der Waals surface area contributed by atoms with Gasteiger partial charge in [-0.2, -0.15) is 5.10 Å². The normalized spacial score (nSPS) is 21.6. The molecule has 4 rings (SSSR count). The fraction of sp³-hybridized carbons (Fsp3) is 0.615. The number of hydrogen-bond donors (Lipinski definition) is 2.